The van der Waals surface area contributed by atoms with Crippen LogP contribution in [0.3, 0.4) is 0 Å². The molecule has 1 amide bonds. The molecule has 0 bridgehead atoms. The van der Waals surface area contributed by atoms with Crippen molar-refractivity contribution in [3.63, 3.8) is 0 Å². The van der Waals surface area contributed by atoms with Crippen molar-refractivity contribution < 1.29 is 17.9 Å². The Morgan fingerprint density at radius 1 is 1.36 bits per heavy atom. The number of carbonyl (C=O) groups excluding carboxylic acids is 1. The van der Waals surface area contributed by atoms with Gasteiger partial charge in [0, 0.05) is 24.8 Å². The third-order valence-corrected chi connectivity index (χ3v) is 5.26. The van der Waals surface area contributed by atoms with Gasteiger partial charge in [-0.1, -0.05) is 6.92 Å². The molecule has 0 unspecified atom stereocenters. The molecule has 1 saturated carbocycles. The summed E-state index contributed by atoms with van der Waals surface area (Å²) in [6.07, 6.45) is 0.916. The van der Waals surface area contributed by atoms with Gasteiger partial charge < -0.3 is 10.1 Å². The fourth-order valence-electron chi connectivity index (χ4n) is 2.26. The zero-order valence-electron chi connectivity index (χ0n) is 13.0. The second kappa shape index (κ2) is 6.76. The molecule has 7 heteroatoms. The van der Waals surface area contributed by atoms with E-state index in [2.05, 4.69) is 10.0 Å². The van der Waals surface area contributed by atoms with Gasteiger partial charge in [0.25, 0.3) is 0 Å². The van der Waals surface area contributed by atoms with Gasteiger partial charge >= 0.3 is 0 Å². The predicted octanol–water partition coefficient (Wildman–Crippen LogP) is 1.59. The van der Waals surface area contributed by atoms with Gasteiger partial charge in [0.2, 0.25) is 15.9 Å². The number of nitrogens with one attached hydrogen (secondary N) is 2. The highest BCUT2D eigenvalue weighted by Gasteiger charge is 2.39. The van der Waals surface area contributed by atoms with E-state index in [1.807, 2.05) is 6.92 Å². The zero-order valence-corrected chi connectivity index (χ0v) is 13.8. The molecule has 0 saturated heterocycles. The fourth-order valence-corrected chi connectivity index (χ4v) is 3.48. The number of methoxy groups -OCH3 is 1. The smallest absolute Gasteiger partial charge is 0.240 e. The number of hydrogen-bond donors (Lipinski definition) is 2. The molecule has 1 fully saturated rings. The van der Waals surface area contributed by atoms with E-state index in [9.17, 15) is 13.2 Å². The molecule has 1 aromatic rings. The molecule has 22 heavy (non-hydrogen) atoms. The molecule has 0 radical (unpaired) electrons. The molecule has 2 rings (SSSR count). The van der Waals surface area contributed by atoms with Crippen LogP contribution in [0.1, 0.15) is 20.3 Å². The van der Waals surface area contributed by atoms with E-state index in [1.54, 1.807) is 19.1 Å². The van der Waals surface area contributed by atoms with Gasteiger partial charge in [-0.25, -0.2) is 13.1 Å². The molecule has 122 valence electrons. The Hall–Kier alpha value is -1.44. The lowest BCUT2D eigenvalue weighted by Gasteiger charge is -2.13. The van der Waals surface area contributed by atoms with E-state index < -0.39 is 10.0 Å². The molecule has 3 atom stereocenters. The molecule has 1 aromatic carbocycles. The van der Waals surface area contributed by atoms with Crippen LogP contribution in [-0.4, -0.2) is 34.1 Å². The van der Waals surface area contributed by atoms with Crippen LogP contribution in [0.2, 0.25) is 0 Å². The lowest BCUT2D eigenvalue weighted by atomic mass is 10.3. The van der Waals surface area contributed by atoms with Gasteiger partial charge in [-0.15, -0.1) is 0 Å². The Bertz CT molecular complexity index is 627. The minimum absolute atomic E-state index is 0.00468. The standard InChI is InChI=1S/C15H22N2O4S/c1-10-8-14(10)15(18)16-12-4-6-13(7-5-12)22(19,20)17-11(2)9-21-3/h4-7,10-11,14,17H,8-9H2,1-3H3,(H,16,18)/t10-,11+,14+/m1/s1. The van der Waals surface area contributed by atoms with Gasteiger partial charge in [0.1, 0.15) is 0 Å². The first-order valence-electron chi connectivity index (χ1n) is 7.25. The molecule has 0 spiro atoms. The van der Waals surface area contributed by atoms with Crippen LogP contribution in [0.25, 0.3) is 0 Å². The summed E-state index contributed by atoms with van der Waals surface area (Å²) in [6.45, 7) is 4.06. The van der Waals surface area contributed by atoms with E-state index in [-0.39, 0.29) is 22.8 Å². The summed E-state index contributed by atoms with van der Waals surface area (Å²) in [5.74, 6) is 0.515. The minimum atomic E-state index is -3.58. The number of amides is 1. The first-order valence-corrected chi connectivity index (χ1v) is 8.74. The molecule has 0 aliphatic heterocycles. The summed E-state index contributed by atoms with van der Waals surface area (Å²) in [6, 6.07) is 5.84. The topological polar surface area (TPSA) is 84.5 Å². The highest BCUT2D eigenvalue weighted by molar-refractivity contribution is 7.89. The average molecular weight is 326 g/mol. The average Bonchev–Trinajstić information content (AvgIpc) is 3.16. The van der Waals surface area contributed by atoms with Gasteiger partial charge in [0.05, 0.1) is 11.5 Å². The SMILES string of the molecule is COC[C@H](C)NS(=O)(=O)c1ccc(NC(=O)[C@H]2C[C@H]2C)cc1. The summed E-state index contributed by atoms with van der Waals surface area (Å²) in [5, 5.41) is 2.80. The van der Waals surface area contributed by atoms with Crippen LogP contribution in [0.4, 0.5) is 5.69 Å². The second-order valence-electron chi connectivity index (χ2n) is 5.81. The number of carbonyl (C=O) groups is 1. The lowest BCUT2D eigenvalue weighted by molar-refractivity contribution is -0.117. The monoisotopic (exact) mass is 326 g/mol. The number of benzene rings is 1. The van der Waals surface area contributed by atoms with Crippen LogP contribution in [0.5, 0.6) is 0 Å². The van der Waals surface area contributed by atoms with E-state index in [0.717, 1.165) is 6.42 Å². The van der Waals surface area contributed by atoms with Crippen molar-refractivity contribution in [2.45, 2.75) is 31.2 Å². The molecular formula is C15H22N2O4S. The van der Waals surface area contributed by atoms with Gasteiger partial charge in [-0.3, -0.25) is 4.79 Å². The maximum Gasteiger partial charge on any atom is 0.240 e. The van der Waals surface area contributed by atoms with Gasteiger partial charge in [-0.2, -0.15) is 0 Å². The van der Waals surface area contributed by atoms with E-state index >= 15 is 0 Å². The molecule has 1 aliphatic rings. The summed E-state index contributed by atoms with van der Waals surface area (Å²) in [5.41, 5.74) is 0.605. The number of ether oxygens (including phenoxy) is 1. The highest BCUT2D eigenvalue weighted by Crippen LogP contribution is 2.38. The number of anilines is 1. The first-order chi connectivity index (χ1) is 10.3. The summed E-state index contributed by atoms with van der Waals surface area (Å²) in [4.78, 5) is 12.0. The van der Waals surface area contributed by atoms with Crippen molar-refractivity contribution >= 4 is 21.6 Å². The predicted molar refractivity (Wildman–Crippen MR) is 84.0 cm³/mol. The van der Waals surface area contributed by atoms with E-state index in [4.69, 9.17) is 4.74 Å². The quantitative estimate of drug-likeness (QED) is 0.797. The number of rotatable bonds is 7. The van der Waals surface area contributed by atoms with E-state index in [0.29, 0.717) is 18.2 Å². The molecule has 0 aromatic heterocycles. The Labute approximate surface area is 131 Å². The molecule has 1 aliphatic carbocycles. The van der Waals surface area contributed by atoms with Crippen LogP contribution in [0, 0.1) is 11.8 Å². The molecule has 2 N–H and O–H groups in total. The lowest BCUT2D eigenvalue weighted by Crippen LogP contribution is -2.35. The summed E-state index contributed by atoms with van der Waals surface area (Å²) in [7, 11) is -2.07. The van der Waals surface area contributed by atoms with Crippen molar-refractivity contribution in [1.29, 1.82) is 0 Å². The maximum atomic E-state index is 12.2. The summed E-state index contributed by atoms with van der Waals surface area (Å²) >= 11 is 0. The van der Waals surface area contributed by atoms with Crippen molar-refractivity contribution in [1.82, 2.24) is 4.72 Å². The van der Waals surface area contributed by atoms with Crippen molar-refractivity contribution in [2.24, 2.45) is 11.8 Å². The molecule has 0 heterocycles. The molecule has 6 nitrogen and oxygen atoms in total. The Morgan fingerprint density at radius 3 is 2.45 bits per heavy atom. The normalized spacial score (nSPS) is 22.1. The van der Waals surface area contributed by atoms with Crippen LogP contribution >= 0.6 is 0 Å². The number of sulfonamides is 1. The second-order valence-corrected chi connectivity index (χ2v) is 7.52. The van der Waals surface area contributed by atoms with Crippen molar-refractivity contribution in [2.75, 3.05) is 19.0 Å². The third-order valence-electron chi connectivity index (χ3n) is 3.65. The third kappa shape index (κ3) is 4.28. The van der Waals surface area contributed by atoms with Crippen LogP contribution in [0.15, 0.2) is 29.2 Å². The number of hydrogen-bond acceptors (Lipinski definition) is 4. The van der Waals surface area contributed by atoms with E-state index in [1.165, 1.54) is 19.2 Å². The van der Waals surface area contributed by atoms with Crippen molar-refractivity contribution in [3.8, 4) is 0 Å². The van der Waals surface area contributed by atoms with Gasteiger partial charge in [-0.05, 0) is 43.5 Å². The highest BCUT2D eigenvalue weighted by atomic mass is 32.2. The maximum absolute atomic E-state index is 12.2. The van der Waals surface area contributed by atoms with Crippen LogP contribution in [-0.2, 0) is 19.6 Å². The zero-order chi connectivity index (χ0) is 16.3. The van der Waals surface area contributed by atoms with Crippen LogP contribution < -0.4 is 10.0 Å². The Kier molecular flexibility index (Phi) is 5.20. The summed E-state index contributed by atoms with van der Waals surface area (Å²) < 4.78 is 31.8. The first kappa shape index (κ1) is 16.9. The Balaban J connectivity index is 2.00. The van der Waals surface area contributed by atoms with Gasteiger partial charge in [0.15, 0.2) is 0 Å². The Morgan fingerprint density at radius 2 is 1.95 bits per heavy atom. The minimum Gasteiger partial charge on any atom is -0.383 e. The molecular weight excluding hydrogens is 304 g/mol. The largest absolute Gasteiger partial charge is 0.383 e. The van der Waals surface area contributed by atoms with Crippen molar-refractivity contribution in [3.05, 3.63) is 24.3 Å². The fraction of sp³-hybridized carbons (Fsp3) is 0.533.